The molecule has 3 rings (SSSR count). The fourth-order valence-electron chi connectivity index (χ4n) is 2.96. The molecular weight excluding hydrogens is 300 g/mol. The second kappa shape index (κ2) is 7.30. The Labute approximate surface area is 142 Å². The fraction of sp³-hybridized carbons (Fsp3) is 0.300. The van der Waals surface area contributed by atoms with Gasteiger partial charge in [0.25, 0.3) is 0 Å². The van der Waals surface area contributed by atoms with E-state index in [1.54, 1.807) is 12.3 Å². The van der Waals surface area contributed by atoms with Gasteiger partial charge in [-0.15, -0.1) is 6.58 Å². The van der Waals surface area contributed by atoms with Crippen molar-refractivity contribution in [1.29, 1.82) is 0 Å². The fourth-order valence-corrected chi connectivity index (χ4v) is 2.96. The third kappa shape index (κ3) is 3.48. The molecular formula is C20H22N2O2. The lowest BCUT2D eigenvalue weighted by Crippen LogP contribution is -2.34. The van der Waals surface area contributed by atoms with E-state index in [9.17, 15) is 4.79 Å². The van der Waals surface area contributed by atoms with Gasteiger partial charge in [-0.25, -0.2) is 0 Å². The number of fused-ring (bicyclic) bond motifs is 1. The molecule has 4 heteroatoms. The second-order valence-corrected chi connectivity index (χ2v) is 6.04. The molecule has 1 atom stereocenters. The van der Waals surface area contributed by atoms with Crippen LogP contribution in [0.3, 0.4) is 0 Å². The Kier molecular flexibility index (Phi) is 4.94. The van der Waals surface area contributed by atoms with Gasteiger partial charge < -0.3 is 10.1 Å². The summed E-state index contributed by atoms with van der Waals surface area (Å²) in [5.41, 5.74) is 4.26. The van der Waals surface area contributed by atoms with Crippen LogP contribution in [-0.4, -0.2) is 23.5 Å². The lowest BCUT2D eigenvalue weighted by atomic mass is 10.0. The number of pyridine rings is 1. The SMILES string of the molecule is C=CCCC(=O)NC[C@H]1Cc2cccc(-c3ncccc3C)c2O1. The first-order valence-electron chi connectivity index (χ1n) is 8.27. The predicted molar refractivity (Wildman–Crippen MR) is 95.0 cm³/mol. The Morgan fingerprint density at radius 2 is 2.29 bits per heavy atom. The molecule has 1 N–H and O–H groups in total. The van der Waals surface area contributed by atoms with E-state index in [0.29, 0.717) is 19.4 Å². The number of carbonyl (C=O) groups excluding carboxylic acids is 1. The van der Waals surface area contributed by atoms with Crippen LogP contribution in [0.25, 0.3) is 11.3 Å². The second-order valence-electron chi connectivity index (χ2n) is 6.04. The highest BCUT2D eigenvalue weighted by molar-refractivity contribution is 5.76. The Hall–Kier alpha value is -2.62. The van der Waals surface area contributed by atoms with Crippen LogP contribution in [0.4, 0.5) is 0 Å². The van der Waals surface area contributed by atoms with Gasteiger partial charge in [0.05, 0.1) is 12.2 Å². The summed E-state index contributed by atoms with van der Waals surface area (Å²) in [6.07, 6.45) is 5.49. The van der Waals surface area contributed by atoms with E-state index in [4.69, 9.17) is 4.74 Å². The van der Waals surface area contributed by atoms with Crippen LogP contribution >= 0.6 is 0 Å². The molecule has 4 nitrogen and oxygen atoms in total. The Bertz CT molecular complexity index is 755. The molecule has 2 heterocycles. The third-order valence-corrected chi connectivity index (χ3v) is 4.20. The van der Waals surface area contributed by atoms with Gasteiger partial charge in [-0.3, -0.25) is 9.78 Å². The van der Waals surface area contributed by atoms with Crippen LogP contribution in [0.15, 0.2) is 49.2 Å². The number of hydrogen-bond donors (Lipinski definition) is 1. The summed E-state index contributed by atoms with van der Waals surface area (Å²) in [6.45, 7) is 6.20. The smallest absolute Gasteiger partial charge is 0.220 e. The average molecular weight is 322 g/mol. The van der Waals surface area contributed by atoms with Crippen molar-refractivity contribution in [2.24, 2.45) is 0 Å². The minimum Gasteiger partial charge on any atom is -0.487 e. The van der Waals surface area contributed by atoms with Crippen molar-refractivity contribution < 1.29 is 9.53 Å². The summed E-state index contributed by atoms with van der Waals surface area (Å²) in [5, 5.41) is 2.94. The molecule has 0 saturated heterocycles. The van der Waals surface area contributed by atoms with E-state index in [0.717, 1.165) is 29.0 Å². The van der Waals surface area contributed by atoms with Crippen molar-refractivity contribution in [1.82, 2.24) is 10.3 Å². The summed E-state index contributed by atoms with van der Waals surface area (Å²) in [4.78, 5) is 16.2. The minimum atomic E-state index is -0.0298. The molecule has 1 amide bonds. The van der Waals surface area contributed by atoms with Crippen molar-refractivity contribution in [3.05, 3.63) is 60.3 Å². The van der Waals surface area contributed by atoms with Crippen molar-refractivity contribution in [2.75, 3.05) is 6.54 Å². The Morgan fingerprint density at radius 1 is 1.42 bits per heavy atom. The number of carbonyl (C=O) groups is 1. The molecule has 124 valence electrons. The van der Waals surface area contributed by atoms with Gasteiger partial charge in [-0.05, 0) is 36.6 Å². The van der Waals surface area contributed by atoms with E-state index >= 15 is 0 Å². The van der Waals surface area contributed by atoms with Crippen LogP contribution in [-0.2, 0) is 11.2 Å². The summed E-state index contributed by atoms with van der Waals surface area (Å²) in [6, 6.07) is 10.1. The highest BCUT2D eigenvalue weighted by Gasteiger charge is 2.26. The molecule has 0 aliphatic carbocycles. The molecule has 0 saturated carbocycles. The van der Waals surface area contributed by atoms with E-state index in [-0.39, 0.29) is 12.0 Å². The van der Waals surface area contributed by atoms with Gasteiger partial charge in [-0.1, -0.05) is 24.3 Å². The van der Waals surface area contributed by atoms with Gasteiger partial charge in [0, 0.05) is 24.6 Å². The molecule has 0 unspecified atom stereocenters. The number of amides is 1. The summed E-state index contributed by atoms with van der Waals surface area (Å²) >= 11 is 0. The number of nitrogens with zero attached hydrogens (tertiary/aromatic N) is 1. The zero-order valence-electron chi connectivity index (χ0n) is 13.9. The maximum Gasteiger partial charge on any atom is 0.220 e. The molecule has 1 aromatic carbocycles. The third-order valence-electron chi connectivity index (χ3n) is 4.20. The van der Waals surface area contributed by atoms with E-state index in [1.807, 2.05) is 31.2 Å². The van der Waals surface area contributed by atoms with Gasteiger partial charge in [0.15, 0.2) is 0 Å². The molecule has 0 spiro atoms. The summed E-state index contributed by atoms with van der Waals surface area (Å²) < 4.78 is 6.13. The molecule has 1 aliphatic rings. The number of allylic oxidation sites excluding steroid dienone is 1. The van der Waals surface area contributed by atoms with Gasteiger partial charge in [0.1, 0.15) is 11.9 Å². The number of rotatable bonds is 6. The van der Waals surface area contributed by atoms with Gasteiger partial charge >= 0.3 is 0 Å². The molecule has 0 bridgehead atoms. The molecule has 1 aromatic heterocycles. The lowest BCUT2D eigenvalue weighted by Gasteiger charge is -2.14. The Balaban J connectivity index is 1.72. The van der Waals surface area contributed by atoms with Gasteiger partial charge in [-0.2, -0.15) is 0 Å². The van der Waals surface area contributed by atoms with Crippen molar-refractivity contribution >= 4 is 5.91 Å². The lowest BCUT2D eigenvalue weighted by molar-refractivity contribution is -0.121. The zero-order chi connectivity index (χ0) is 16.9. The van der Waals surface area contributed by atoms with Gasteiger partial charge in [0.2, 0.25) is 5.91 Å². The molecule has 24 heavy (non-hydrogen) atoms. The van der Waals surface area contributed by atoms with Crippen LogP contribution < -0.4 is 10.1 Å². The van der Waals surface area contributed by atoms with Crippen LogP contribution in [0.1, 0.15) is 24.0 Å². The van der Waals surface area contributed by atoms with Crippen LogP contribution in [0.2, 0.25) is 0 Å². The Morgan fingerprint density at radius 3 is 3.08 bits per heavy atom. The number of ether oxygens (including phenoxy) is 1. The number of aryl methyl sites for hydroxylation is 1. The minimum absolute atomic E-state index is 0.0298. The topological polar surface area (TPSA) is 51.2 Å². The largest absolute Gasteiger partial charge is 0.487 e. The zero-order valence-corrected chi connectivity index (χ0v) is 13.9. The molecule has 0 fully saturated rings. The van der Waals surface area contributed by atoms with E-state index < -0.39 is 0 Å². The first kappa shape index (κ1) is 16.2. The number of nitrogens with one attached hydrogen (secondary N) is 1. The van der Waals surface area contributed by atoms with Crippen LogP contribution in [0.5, 0.6) is 5.75 Å². The number of para-hydroxylation sites is 1. The highest BCUT2D eigenvalue weighted by Crippen LogP contribution is 2.38. The first-order valence-corrected chi connectivity index (χ1v) is 8.27. The quantitative estimate of drug-likeness (QED) is 0.829. The monoisotopic (exact) mass is 322 g/mol. The molecule has 1 aliphatic heterocycles. The number of aromatic nitrogens is 1. The van der Waals surface area contributed by atoms with E-state index in [1.165, 1.54) is 5.56 Å². The number of benzene rings is 1. The van der Waals surface area contributed by atoms with Crippen molar-refractivity contribution in [3.63, 3.8) is 0 Å². The summed E-state index contributed by atoms with van der Waals surface area (Å²) in [5.74, 6) is 0.930. The highest BCUT2D eigenvalue weighted by atomic mass is 16.5. The van der Waals surface area contributed by atoms with Crippen molar-refractivity contribution in [2.45, 2.75) is 32.3 Å². The molecule has 2 aromatic rings. The summed E-state index contributed by atoms with van der Waals surface area (Å²) in [7, 11) is 0. The predicted octanol–water partition coefficient (Wildman–Crippen LogP) is 3.44. The van der Waals surface area contributed by atoms with Crippen molar-refractivity contribution in [3.8, 4) is 17.0 Å². The van der Waals surface area contributed by atoms with Crippen LogP contribution in [0, 0.1) is 6.92 Å². The van der Waals surface area contributed by atoms with E-state index in [2.05, 4.69) is 22.9 Å². The standard InChI is InChI=1S/C20H22N2O2/c1-3-4-10-18(23)22-13-16-12-15-8-5-9-17(20(15)24-16)19-14(2)7-6-11-21-19/h3,5-9,11,16H,1,4,10,12-13H2,2H3,(H,22,23)/t16-/m1/s1. The molecule has 0 radical (unpaired) electrons. The maximum absolute atomic E-state index is 11.7. The average Bonchev–Trinajstić information content (AvgIpc) is 3.02. The number of hydrogen-bond acceptors (Lipinski definition) is 3. The first-order chi connectivity index (χ1) is 11.7. The maximum atomic E-state index is 11.7. The normalized spacial score (nSPS) is 15.5.